The number of ether oxygens (including phenoxy) is 1. The van der Waals surface area contributed by atoms with Gasteiger partial charge in [0.1, 0.15) is 0 Å². The first-order valence-electron chi connectivity index (χ1n) is 9.35. The van der Waals surface area contributed by atoms with E-state index in [1.807, 2.05) is 0 Å². The van der Waals surface area contributed by atoms with Crippen molar-refractivity contribution in [2.75, 3.05) is 45.9 Å². The topological polar surface area (TPSA) is 53.0 Å². The van der Waals surface area contributed by atoms with Crippen molar-refractivity contribution in [3.05, 3.63) is 0 Å². The van der Waals surface area contributed by atoms with Crippen molar-refractivity contribution >= 4 is 5.97 Å². The maximum absolute atomic E-state index is 11.8. The summed E-state index contributed by atoms with van der Waals surface area (Å²) in [4.78, 5) is 16.6. The molecule has 1 saturated heterocycles. The quantitative estimate of drug-likeness (QED) is 0.756. The molecule has 2 aliphatic rings. The number of carbonyl (C=O) groups excluding carboxylic acids is 1. The van der Waals surface area contributed by atoms with Gasteiger partial charge in [-0.05, 0) is 52.1 Å². The molecule has 1 heterocycles. The summed E-state index contributed by atoms with van der Waals surface area (Å²) in [5.41, 5.74) is -1.41. The Labute approximate surface area is 141 Å². The van der Waals surface area contributed by atoms with Crippen LogP contribution in [0.4, 0.5) is 0 Å². The summed E-state index contributed by atoms with van der Waals surface area (Å²) in [5, 5.41) is 10.4. The SMILES string of the molecule is CCOC(=O)C(C)(O)CN1CCCN(CC2CCCCC2)CC1. The molecule has 0 aromatic carbocycles. The van der Waals surface area contributed by atoms with E-state index in [0.29, 0.717) is 13.2 Å². The Balaban J connectivity index is 1.77. The third-order valence-electron chi connectivity index (χ3n) is 5.17. The fourth-order valence-corrected chi connectivity index (χ4v) is 3.89. The Morgan fingerprint density at radius 1 is 1.09 bits per heavy atom. The first-order chi connectivity index (χ1) is 11.0. The molecule has 134 valence electrons. The van der Waals surface area contributed by atoms with Crippen LogP contribution in [0, 0.1) is 5.92 Å². The van der Waals surface area contributed by atoms with E-state index in [0.717, 1.165) is 38.5 Å². The Hall–Kier alpha value is -0.650. The molecule has 1 unspecified atom stereocenters. The Morgan fingerprint density at radius 3 is 2.43 bits per heavy atom. The second-order valence-corrected chi connectivity index (χ2v) is 7.43. The van der Waals surface area contributed by atoms with E-state index in [9.17, 15) is 9.90 Å². The number of hydrogen-bond acceptors (Lipinski definition) is 5. The lowest BCUT2D eigenvalue weighted by molar-refractivity contribution is -0.164. The van der Waals surface area contributed by atoms with Crippen LogP contribution in [0.5, 0.6) is 0 Å². The van der Waals surface area contributed by atoms with Crippen LogP contribution >= 0.6 is 0 Å². The van der Waals surface area contributed by atoms with Crippen molar-refractivity contribution < 1.29 is 14.6 Å². The average molecular weight is 326 g/mol. The minimum Gasteiger partial charge on any atom is -0.464 e. The van der Waals surface area contributed by atoms with Gasteiger partial charge in [-0.1, -0.05) is 19.3 Å². The summed E-state index contributed by atoms with van der Waals surface area (Å²) < 4.78 is 4.98. The largest absolute Gasteiger partial charge is 0.464 e. The van der Waals surface area contributed by atoms with Crippen LogP contribution in [-0.4, -0.2) is 72.4 Å². The molecule has 5 nitrogen and oxygen atoms in total. The normalized spacial score (nSPS) is 24.8. The van der Waals surface area contributed by atoms with Crippen LogP contribution in [0.3, 0.4) is 0 Å². The second kappa shape index (κ2) is 9.00. The Morgan fingerprint density at radius 2 is 1.74 bits per heavy atom. The number of carbonyl (C=O) groups is 1. The summed E-state index contributed by atoms with van der Waals surface area (Å²) in [7, 11) is 0. The summed E-state index contributed by atoms with van der Waals surface area (Å²) in [6.45, 7) is 9.26. The van der Waals surface area contributed by atoms with Gasteiger partial charge in [0, 0.05) is 26.2 Å². The summed E-state index contributed by atoms with van der Waals surface area (Å²) in [6.07, 6.45) is 8.08. The molecule has 5 heteroatoms. The molecule has 1 atom stereocenters. The molecule has 1 aliphatic carbocycles. The van der Waals surface area contributed by atoms with Crippen LogP contribution in [0.25, 0.3) is 0 Å². The second-order valence-electron chi connectivity index (χ2n) is 7.43. The van der Waals surface area contributed by atoms with Crippen LogP contribution in [0.2, 0.25) is 0 Å². The zero-order chi connectivity index (χ0) is 16.7. The van der Waals surface area contributed by atoms with Gasteiger partial charge in [-0.2, -0.15) is 0 Å². The van der Waals surface area contributed by atoms with Crippen LogP contribution < -0.4 is 0 Å². The molecule has 1 saturated carbocycles. The number of aliphatic hydroxyl groups is 1. The van der Waals surface area contributed by atoms with Gasteiger partial charge in [0.2, 0.25) is 0 Å². The van der Waals surface area contributed by atoms with E-state index >= 15 is 0 Å². The minimum absolute atomic E-state index is 0.310. The summed E-state index contributed by atoms with van der Waals surface area (Å²) in [6, 6.07) is 0. The molecule has 1 aliphatic heterocycles. The number of rotatable bonds is 6. The standard InChI is InChI=1S/C18H34N2O3/c1-3-23-17(21)18(2,22)15-20-11-7-10-19(12-13-20)14-16-8-5-4-6-9-16/h16,22H,3-15H2,1-2H3. The monoisotopic (exact) mass is 326 g/mol. The first-order valence-corrected chi connectivity index (χ1v) is 9.35. The molecular formula is C18H34N2O3. The lowest BCUT2D eigenvalue weighted by Gasteiger charge is -2.30. The molecule has 2 rings (SSSR count). The first kappa shape index (κ1) is 18.7. The van der Waals surface area contributed by atoms with E-state index in [1.165, 1.54) is 38.6 Å². The van der Waals surface area contributed by atoms with Gasteiger partial charge < -0.3 is 14.7 Å². The molecule has 0 radical (unpaired) electrons. The smallest absolute Gasteiger partial charge is 0.339 e. The lowest BCUT2D eigenvalue weighted by Crippen LogP contribution is -2.48. The van der Waals surface area contributed by atoms with Gasteiger partial charge in [-0.3, -0.25) is 4.90 Å². The predicted octanol–water partition coefficient (Wildman–Crippen LogP) is 1.89. The fraction of sp³-hybridized carbons (Fsp3) is 0.944. The number of nitrogens with zero attached hydrogens (tertiary/aromatic N) is 2. The summed E-state index contributed by atoms with van der Waals surface area (Å²) >= 11 is 0. The van der Waals surface area contributed by atoms with Crippen molar-refractivity contribution in [3.8, 4) is 0 Å². The number of β-amino-alcohol motifs (C(OH)–C–C–N with tert-alkyl or cyclic N) is 1. The highest BCUT2D eigenvalue weighted by molar-refractivity contribution is 5.79. The van der Waals surface area contributed by atoms with E-state index in [1.54, 1.807) is 13.8 Å². The van der Waals surface area contributed by atoms with Crippen LogP contribution in [-0.2, 0) is 9.53 Å². The molecule has 23 heavy (non-hydrogen) atoms. The van der Waals surface area contributed by atoms with Crippen molar-refractivity contribution in [3.63, 3.8) is 0 Å². The third kappa shape index (κ3) is 6.05. The fourth-order valence-electron chi connectivity index (χ4n) is 3.89. The zero-order valence-electron chi connectivity index (χ0n) is 14.9. The Kier molecular flexibility index (Phi) is 7.31. The van der Waals surface area contributed by atoms with E-state index in [-0.39, 0.29) is 0 Å². The highest BCUT2D eigenvalue weighted by atomic mass is 16.5. The minimum atomic E-state index is -1.41. The number of esters is 1. The molecule has 0 spiro atoms. The van der Waals surface area contributed by atoms with Crippen molar-refractivity contribution in [2.45, 2.75) is 58.0 Å². The van der Waals surface area contributed by atoms with E-state index in [2.05, 4.69) is 9.80 Å². The predicted molar refractivity (Wildman–Crippen MR) is 91.3 cm³/mol. The van der Waals surface area contributed by atoms with Gasteiger partial charge in [-0.15, -0.1) is 0 Å². The molecule has 0 amide bonds. The van der Waals surface area contributed by atoms with E-state index in [4.69, 9.17) is 4.74 Å². The van der Waals surface area contributed by atoms with E-state index < -0.39 is 11.6 Å². The average Bonchev–Trinajstić information content (AvgIpc) is 2.73. The van der Waals surface area contributed by atoms with Gasteiger partial charge in [-0.25, -0.2) is 4.79 Å². The van der Waals surface area contributed by atoms with Crippen LogP contribution in [0.15, 0.2) is 0 Å². The Bertz CT molecular complexity index is 367. The maximum atomic E-state index is 11.8. The molecule has 1 N–H and O–H groups in total. The van der Waals surface area contributed by atoms with Crippen molar-refractivity contribution in [1.82, 2.24) is 9.80 Å². The number of hydrogen-bond donors (Lipinski definition) is 1. The van der Waals surface area contributed by atoms with Gasteiger partial charge in [0.05, 0.1) is 6.61 Å². The molecule has 2 fully saturated rings. The van der Waals surface area contributed by atoms with Gasteiger partial charge in [0.25, 0.3) is 0 Å². The van der Waals surface area contributed by atoms with Gasteiger partial charge in [0.15, 0.2) is 5.60 Å². The highest BCUT2D eigenvalue weighted by Crippen LogP contribution is 2.24. The molecule has 0 aromatic heterocycles. The molecule has 0 aromatic rings. The van der Waals surface area contributed by atoms with Gasteiger partial charge >= 0.3 is 5.97 Å². The summed E-state index contributed by atoms with van der Waals surface area (Å²) in [5.74, 6) is 0.362. The third-order valence-corrected chi connectivity index (χ3v) is 5.17. The zero-order valence-corrected chi connectivity index (χ0v) is 14.9. The van der Waals surface area contributed by atoms with Crippen molar-refractivity contribution in [1.29, 1.82) is 0 Å². The molecular weight excluding hydrogens is 292 g/mol. The highest BCUT2D eigenvalue weighted by Gasteiger charge is 2.34. The molecule has 0 bridgehead atoms. The van der Waals surface area contributed by atoms with Crippen molar-refractivity contribution in [2.24, 2.45) is 5.92 Å². The maximum Gasteiger partial charge on any atom is 0.339 e. The lowest BCUT2D eigenvalue weighted by atomic mass is 9.89. The van der Waals surface area contributed by atoms with Crippen LogP contribution in [0.1, 0.15) is 52.4 Å².